The van der Waals surface area contributed by atoms with Crippen LogP contribution in [0.4, 0.5) is 0 Å². The number of nitrogens with one attached hydrogen (secondary N) is 1. The van der Waals surface area contributed by atoms with Gasteiger partial charge in [0.15, 0.2) is 0 Å². The Hall–Kier alpha value is -0.610. The molecule has 20 heavy (non-hydrogen) atoms. The summed E-state index contributed by atoms with van der Waals surface area (Å²) >= 11 is 0. The molecule has 0 saturated carbocycles. The fraction of sp³-hybridized carbons (Fsp3) is 0.938. The maximum Gasteiger partial charge on any atom is 0.323 e. The zero-order valence-corrected chi connectivity index (χ0v) is 14.0. The Morgan fingerprint density at radius 2 is 1.85 bits per heavy atom. The summed E-state index contributed by atoms with van der Waals surface area (Å²) in [4.78, 5) is 13.9. The molecule has 2 atom stereocenters. The lowest BCUT2D eigenvalue weighted by Gasteiger charge is -2.31. The molecule has 2 unspecified atom stereocenters. The van der Waals surface area contributed by atoms with Gasteiger partial charge in [-0.25, -0.2) is 0 Å². The van der Waals surface area contributed by atoms with Crippen molar-refractivity contribution in [3.8, 4) is 0 Å². The van der Waals surface area contributed by atoms with Crippen molar-refractivity contribution in [2.45, 2.75) is 78.3 Å². The van der Waals surface area contributed by atoms with E-state index in [0.717, 1.165) is 25.9 Å². The Bertz CT molecular complexity index is 271. The fourth-order valence-electron chi connectivity index (χ4n) is 2.47. The third kappa shape index (κ3) is 6.71. The minimum absolute atomic E-state index is 0.580. The van der Waals surface area contributed by atoms with Gasteiger partial charge in [0.25, 0.3) is 0 Å². The van der Waals surface area contributed by atoms with Gasteiger partial charge < -0.3 is 15.3 Å². The number of likely N-dealkylation sites (N-methyl/N-ethyl adjacent to an activating group) is 1. The largest absolute Gasteiger partial charge is 0.480 e. The van der Waals surface area contributed by atoms with Crippen LogP contribution in [0.15, 0.2) is 0 Å². The van der Waals surface area contributed by atoms with Crippen molar-refractivity contribution in [1.29, 1.82) is 0 Å². The van der Waals surface area contributed by atoms with Crippen LogP contribution in [0.2, 0.25) is 0 Å². The van der Waals surface area contributed by atoms with E-state index in [2.05, 4.69) is 31.0 Å². The molecule has 120 valence electrons. The first kappa shape index (κ1) is 19.4. The predicted octanol–water partition coefficient (Wildman–Crippen LogP) is 3.12. The summed E-state index contributed by atoms with van der Waals surface area (Å²) in [5.74, 6) is -0.747. The molecule has 0 aromatic heterocycles. The molecule has 0 fully saturated rings. The summed E-state index contributed by atoms with van der Waals surface area (Å²) in [6.07, 6.45) is 5.16. The van der Waals surface area contributed by atoms with Crippen LogP contribution >= 0.6 is 0 Å². The molecule has 2 N–H and O–H groups in total. The van der Waals surface area contributed by atoms with Gasteiger partial charge in [-0.3, -0.25) is 4.79 Å². The summed E-state index contributed by atoms with van der Waals surface area (Å²) in [6.45, 7) is 13.2. The van der Waals surface area contributed by atoms with Crippen LogP contribution in [-0.2, 0) is 4.79 Å². The molecule has 0 radical (unpaired) electrons. The van der Waals surface area contributed by atoms with Gasteiger partial charge in [0.1, 0.15) is 5.54 Å². The van der Waals surface area contributed by atoms with E-state index in [9.17, 15) is 9.90 Å². The second-order valence-electron chi connectivity index (χ2n) is 5.92. The maximum absolute atomic E-state index is 11.4. The lowest BCUT2D eigenvalue weighted by molar-refractivity contribution is -0.144. The van der Waals surface area contributed by atoms with Crippen molar-refractivity contribution in [3.05, 3.63) is 0 Å². The first-order valence-electron chi connectivity index (χ1n) is 8.13. The highest BCUT2D eigenvalue weighted by Gasteiger charge is 2.31. The van der Waals surface area contributed by atoms with Crippen LogP contribution < -0.4 is 5.32 Å². The molecular weight excluding hydrogens is 252 g/mol. The van der Waals surface area contributed by atoms with Gasteiger partial charge in [0, 0.05) is 6.04 Å². The predicted molar refractivity (Wildman–Crippen MR) is 85.2 cm³/mol. The van der Waals surface area contributed by atoms with Crippen LogP contribution in [0.5, 0.6) is 0 Å². The van der Waals surface area contributed by atoms with Gasteiger partial charge in [0.05, 0.1) is 0 Å². The summed E-state index contributed by atoms with van der Waals surface area (Å²) in [6, 6.07) is 0.580. The second kappa shape index (κ2) is 10.2. The average Bonchev–Trinajstić information content (AvgIpc) is 2.41. The number of hydrogen-bond donors (Lipinski definition) is 2. The van der Waals surface area contributed by atoms with Crippen LogP contribution in [-0.4, -0.2) is 47.2 Å². The third-order valence-electron chi connectivity index (χ3n) is 4.17. The number of rotatable bonds is 12. The molecule has 0 rings (SSSR count). The first-order chi connectivity index (χ1) is 9.41. The van der Waals surface area contributed by atoms with Crippen molar-refractivity contribution in [2.24, 2.45) is 0 Å². The molecule has 0 bridgehead atoms. The smallest absolute Gasteiger partial charge is 0.323 e. The van der Waals surface area contributed by atoms with Gasteiger partial charge >= 0.3 is 5.97 Å². The molecule has 4 nitrogen and oxygen atoms in total. The molecule has 0 aliphatic carbocycles. The molecule has 0 amide bonds. The number of unbranched alkanes of at least 4 members (excludes halogenated alkanes) is 1. The van der Waals surface area contributed by atoms with Crippen molar-refractivity contribution < 1.29 is 9.90 Å². The topological polar surface area (TPSA) is 52.6 Å². The number of nitrogens with zero attached hydrogens (tertiary/aromatic N) is 1. The van der Waals surface area contributed by atoms with Gasteiger partial charge in [-0.2, -0.15) is 0 Å². The van der Waals surface area contributed by atoms with E-state index in [4.69, 9.17) is 0 Å². The highest BCUT2D eigenvalue weighted by molar-refractivity contribution is 5.78. The number of carboxylic acids is 1. The normalized spacial score (nSPS) is 16.1. The number of aliphatic carboxylic acids is 1. The average molecular weight is 286 g/mol. The van der Waals surface area contributed by atoms with Crippen molar-refractivity contribution in [3.63, 3.8) is 0 Å². The Balaban J connectivity index is 4.35. The molecule has 0 saturated heterocycles. The lowest BCUT2D eigenvalue weighted by Crippen LogP contribution is -2.50. The Morgan fingerprint density at radius 1 is 1.25 bits per heavy atom. The zero-order valence-electron chi connectivity index (χ0n) is 14.0. The molecule has 0 aromatic carbocycles. The van der Waals surface area contributed by atoms with Gasteiger partial charge in [0.2, 0.25) is 0 Å². The van der Waals surface area contributed by atoms with Crippen molar-refractivity contribution >= 4 is 5.97 Å². The molecule has 0 aliphatic rings. The van der Waals surface area contributed by atoms with E-state index in [1.54, 1.807) is 6.92 Å². The summed E-state index contributed by atoms with van der Waals surface area (Å²) in [5.41, 5.74) is -0.791. The minimum Gasteiger partial charge on any atom is -0.480 e. The van der Waals surface area contributed by atoms with Crippen LogP contribution in [0.25, 0.3) is 0 Å². The van der Waals surface area contributed by atoms with E-state index in [-0.39, 0.29) is 0 Å². The summed E-state index contributed by atoms with van der Waals surface area (Å²) in [5, 5.41) is 12.5. The van der Waals surface area contributed by atoms with Crippen LogP contribution in [0.1, 0.15) is 66.7 Å². The van der Waals surface area contributed by atoms with E-state index >= 15 is 0 Å². The second-order valence-corrected chi connectivity index (χ2v) is 5.92. The molecular formula is C16H34N2O2. The maximum atomic E-state index is 11.4. The highest BCUT2D eigenvalue weighted by atomic mass is 16.4. The van der Waals surface area contributed by atoms with Gasteiger partial charge in [-0.15, -0.1) is 0 Å². The van der Waals surface area contributed by atoms with Crippen molar-refractivity contribution in [1.82, 2.24) is 10.2 Å². The molecule has 0 heterocycles. The highest BCUT2D eigenvalue weighted by Crippen LogP contribution is 2.15. The standard InChI is InChI=1S/C16H34N2O2/c1-6-9-12-18(14(4)7-2)13-10-11-16(5,15(19)20)17-8-3/h14,17H,6-13H2,1-5H3,(H,19,20). The summed E-state index contributed by atoms with van der Waals surface area (Å²) < 4.78 is 0. The Kier molecular flexibility index (Phi) is 9.86. The van der Waals surface area contributed by atoms with Crippen LogP contribution in [0.3, 0.4) is 0 Å². The zero-order chi connectivity index (χ0) is 15.6. The van der Waals surface area contributed by atoms with E-state index in [1.807, 2.05) is 6.92 Å². The molecule has 4 heteroatoms. The van der Waals surface area contributed by atoms with Crippen molar-refractivity contribution in [2.75, 3.05) is 19.6 Å². The van der Waals surface area contributed by atoms with E-state index in [0.29, 0.717) is 19.0 Å². The number of hydrogen-bond acceptors (Lipinski definition) is 3. The molecule has 0 aromatic rings. The fourth-order valence-corrected chi connectivity index (χ4v) is 2.47. The van der Waals surface area contributed by atoms with E-state index in [1.165, 1.54) is 12.8 Å². The first-order valence-corrected chi connectivity index (χ1v) is 8.13. The molecule has 0 aliphatic heterocycles. The third-order valence-corrected chi connectivity index (χ3v) is 4.17. The summed E-state index contributed by atoms with van der Waals surface area (Å²) in [7, 11) is 0. The number of carbonyl (C=O) groups is 1. The Labute approximate surface area is 124 Å². The van der Waals surface area contributed by atoms with Gasteiger partial charge in [-0.05, 0) is 59.2 Å². The Morgan fingerprint density at radius 3 is 2.30 bits per heavy atom. The lowest BCUT2D eigenvalue weighted by atomic mass is 9.95. The molecule has 0 spiro atoms. The van der Waals surface area contributed by atoms with Crippen LogP contribution in [0, 0.1) is 0 Å². The quantitative estimate of drug-likeness (QED) is 0.579. The monoisotopic (exact) mass is 286 g/mol. The number of carboxylic acid groups (broad SMARTS) is 1. The minimum atomic E-state index is -0.791. The van der Waals surface area contributed by atoms with Gasteiger partial charge in [-0.1, -0.05) is 27.2 Å². The SMILES string of the molecule is CCCCN(CCCC(C)(NCC)C(=O)O)C(C)CC. The van der Waals surface area contributed by atoms with E-state index < -0.39 is 11.5 Å².